The first-order valence-electron chi connectivity index (χ1n) is 40.7. The Labute approximate surface area is 800 Å². The fraction of sp³-hybridized carbons (Fsp3) is 0.455. The lowest BCUT2D eigenvalue weighted by molar-refractivity contribution is -0.758. The normalized spacial score (nSPS) is 11.2. The van der Waals surface area contributed by atoms with Crippen molar-refractivity contribution in [2.45, 2.75) is 165 Å². The third-order valence-corrected chi connectivity index (χ3v) is 16.4. The van der Waals surface area contributed by atoms with Crippen LogP contribution in [0.1, 0.15) is 125 Å². The molecule has 0 heterocycles. The van der Waals surface area contributed by atoms with Crippen LogP contribution in [-0.2, 0) is 127 Å². The third kappa shape index (κ3) is 72.6. The van der Waals surface area contributed by atoms with Crippen molar-refractivity contribution < 1.29 is 236 Å². The molecule has 66 nitrogen and oxygen atoms in total. The predicted molar refractivity (Wildman–Crippen MR) is 457 cm³/mol. The maximum Gasteiger partial charge on any atom is 0.413 e. The summed E-state index contributed by atoms with van der Waals surface area (Å²) in [5, 5.41) is 171. The largest absolute Gasteiger partial charge is 0.481 e. The second-order valence-corrected chi connectivity index (χ2v) is 27.3. The third-order valence-electron chi connectivity index (χ3n) is 16.4. The first-order valence-corrected chi connectivity index (χ1v) is 40.7. The zero-order valence-corrected chi connectivity index (χ0v) is 74.4. The van der Waals surface area contributed by atoms with Gasteiger partial charge in [-0.3, -0.25) is 33.6 Å². The van der Waals surface area contributed by atoms with Crippen molar-refractivity contribution >= 4 is 108 Å². The lowest BCUT2D eigenvalue weighted by atomic mass is 10.1. The standard InChI is InChI=1S/2C15H18N2O9.2C14H16N2O9.C10H16N2O10.C9H14N2O8/c18-13(19)7-6-12(14(20)21)16-15(22)26-11-5-1-3-10(9-11)4-2-8-25-17(23)24;18-13(19)8-7-12(14(20)21)16-15(22)26-11-5-3-10(4-6-11)2-1-9-25-17(23)24;17-12(18)6-5-11(13(19)20)15-14(21)25-10-3-1-9(2-4-10)7-8-24-16(22)23;17-12(18)5-4-11(13(19)20)15-14(21)25-10-3-1-2-9(8-10)6-7-24-16(22)23;13-8(14)2-1-7(9(15)16)11-10(17)21-5-3-20-4-6-22-12(18)19;12-7(2-1-5-19-11(17)18)10-6(9(15)16)3-4-8(13)14/h1,3,5,9,12H,2,4,6-8H2,(H,16,22)(H,18,19)(H,20,21);3-6,12H,1-2,7-9H2,(H,16,22)(H,18,19)(H,20,21);1-4,11H,5-8H2,(H,15,21)(H,17,18)(H,19,20);1-3,8,11H,4-7H2,(H,15,21)(H,17,18)(H,19,20);7H,1-6H2,(H,11,17)(H,13,14)(H,15,16);6H,1-5H2,(H,10,12)(H,13,14)(H,15,16). The molecule has 790 valence electrons. The van der Waals surface area contributed by atoms with Crippen molar-refractivity contribution in [1.82, 2.24) is 31.9 Å². The van der Waals surface area contributed by atoms with E-state index in [1.807, 2.05) is 5.32 Å². The number of alkyl carbamates (subject to hydrolysis) is 1. The Bertz CT molecular complexity index is 4850. The number of carboxylic acid groups (broad SMARTS) is 12. The molecule has 6 unspecified atom stereocenters. The van der Waals surface area contributed by atoms with E-state index in [4.69, 9.17) is 85.0 Å². The lowest BCUT2D eigenvalue weighted by Crippen LogP contribution is -2.42. The topological polar surface area (TPSA) is 992 Å². The molecule has 0 saturated heterocycles. The average molecular weight is 2060 g/mol. The van der Waals surface area contributed by atoms with Crippen LogP contribution in [0.25, 0.3) is 0 Å². The molecule has 0 aliphatic carbocycles. The van der Waals surface area contributed by atoms with Crippen molar-refractivity contribution in [3.8, 4) is 23.0 Å². The highest BCUT2D eigenvalue weighted by atomic mass is 17.0. The Morgan fingerprint density at radius 3 is 0.797 bits per heavy atom. The number of aliphatic carboxylic acids is 12. The molecule has 6 atom stereocenters. The van der Waals surface area contributed by atoms with E-state index in [0.29, 0.717) is 36.8 Å². The molecule has 0 bridgehead atoms. The van der Waals surface area contributed by atoms with Crippen LogP contribution in [0.15, 0.2) is 97.1 Å². The van der Waals surface area contributed by atoms with Crippen LogP contribution in [0, 0.1) is 60.7 Å². The molecule has 66 heteroatoms. The average Bonchev–Trinajstić information content (AvgIpc) is 0.895. The highest BCUT2D eigenvalue weighted by molar-refractivity contribution is 5.86. The van der Waals surface area contributed by atoms with Crippen LogP contribution >= 0.6 is 0 Å². The summed E-state index contributed by atoms with van der Waals surface area (Å²) in [6.45, 7) is -1.28. The maximum atomic E-state index is 11.8. The maximum absolute atomic E-state index is 11.8. The molecule has 0 radical (unpaired) electrons. The van der Waals surface area contributed by atoms with Gasteiger partial charge in [-0.25, -0.2) is 52.7 Å². The van der Waals surface area contributed by atoms with Crippen molar-refractivity contribution in [2.24, 2.45) is 0 Å². The van der Waals surface area contributed by atoms with Gasteiger partial charge < -0.3 is 151 Å². The van der Waals surface area contributed by atoms with Gasteiger partial charge in [0.1, 0.15) is 85.7 Å². The highest BCUT2D eigenvalue weighted by Crippen LogP contribution is 2.20. The molecule has 18 N–H and O–H groups in total. The van der Waals surface area contributed by atoms with Crippen molar-refractivity contribution in [2.75, 3.05) is 59.5 Å². The number of amides is 6. The Hall–Kier alpha value is -18.5. The molecule has 143 heavy (non-hydrogen) atoms. The monoisotopic (exact) mass is 2050 g/mol. The number of hydrogen-bond donors (Lipinski definition) is 18. The first kappa shape index (κ1) is 127. The number of carboxylic acids is 12. The Balaban J connectivity index is 0. The molecule has 0 spiro atoms. The van der Waals surface area contributed by atoms with Gasteiger partial charge in [-0.15, -0.1) is 60.7 Å². The number of nitrogens with one attached hydrogen (secondary N) is 6. The van der Waals surface area contributed by atoms with Crippen LogP contribution in [0.5, 0.6) is 23.0 Å². The van der Waals surface area contributed by atoms with E-state index in [0.717, 1.165) is 11.1 Å². The fourth-order valence-corrected chi connectivity index (χ4v) is 9.84. The summed E-state index contributed by atoms with van der Waals surface area (Å²) in [5.74, 6) is -15.4. The smallest absolute Gasteiger partial charge is 0.413 e. The molecule has 0 aliphatic heterocycles. The van der Waals surface area contributed by atoms with Crippen LogP contribution < -0.4 is 50.8 Å². The van der Waals surface area contributed by atoms with E-state index in [1.165, 1.54) is 48.5 Å². The van der Waals surface area contributed by atoms with Crippen LogP contribution in [0.4, 0.5) is 24.0 Å². The number of aryl methyl sites for hydroxylation is 2. The van der Waals surface area contributed by atoms with Crippen LogP contribution in [-0.4, -0.2) is 296 Å². The second kappa shape index (κ2) is 73.8. The molecule has 4 rings (SSSR count). The van der Waals surface area contributed by atoms with Gasteiger partial charge in [0.25, 0.3) is 30.5 Å². The van der Waals surface area contributed by atoms with Gasteiger partial charge in [0.2, 0.25) is 5.91 Å². The molecule has 0 aliphatic rings. The Morgan fingerprint density at radius 1 is 0.252 bits per heavy atom. The van der Waals surface area contributed by atoms with Crippen molar-refractivity contribution in [1.29, 1.82) is 0 Å². The van der Waals surface area contributed by atoms with Gasteiger partial charge in [0.05, 0.1) is 33.0 Å². The second-order valence-electron chi connectivity index (χ2n) is 27.3. The Morgan fingerprint density at radius 2 is 0.497 bits per heavy atom. The number of nitrogens with zero attached hydrogens (tertiary/aromatic N) is 6. The fourth-order valence-electron chi connectivity index (χ4n) is 9.84. The molecular weight excluding hydrogens is 1960 g/mol. The summed E-state index contributed by atoms with van der Waals surface area (Å²) < 4.78 is 29.2. The first-order chi connectivity index (χ1) is 67.2. The van der Waals surface area contributed by atoms with Crippen LogP contribution in [0.3, 0.4) is 0 Å². The van der Waals surface area contributed by atoms with Crippen molar-refractivity contribution in [3.63, 3.8) is 0 Å². The van der Waals surface area contributed by atoms with E-state index < -0.39 is 207 Å². The number of hydrogen-bond acceptors (Lipinski definition) is 42. The molecule has 6 amide bonds. The number of benzene rings is 4. The quantitative estimate of drug-likeness (QED) is 0.0172. The van der Waals surface area contributed by atoms with E-state index in [-0.39, 0.29) is 153 Å². The zero-order valence-electron chi connectivity index (χ0n) is 74.4. The number of carbonyl (C=O) groups excluding carboxylic acids is 6. The van der Waals surface area contributed by atoms with Gasteiger partial charge in [0.15, 0.2) is 0 Å². The predicted octanol–water partition coefficient (Wildman–Crippen LogP) is 2.82. The molecule has 0 aromatic heterocycles. The summed E-state index contributed by atoms with van der Waals surface area (Å²) in [7, 11) is 0. The molecular formula is C77H98N12O54. The van der Waals surface area contributed by atoms with Gasteiger partial charge in [0, 0.05) is 44.9 Å². The minimum atomic E-state index is -1.40. The summed E-state index contributed by atoms with van der Waals surface area (Å²) in [6, 6.07) is 16.4. The zero-order chi connectivity index (χ0) is 108. The number of carbonyl (C=O) groups is 18. The van der Waals surface area contributed by atoms with E-state index >= 15 is 0 Å². The number of ether oxygens (including phenoxy) is 6. The van der Waals surface area contributed by atoms with Crippen LogP contribution in [0.2, 0.25) is 0 Å². The van der Waals surface area contributed by atoms with Gasteiger partial charge in [-0.05, 0) is 154 Å². The van der Waals surface area contributed by atoms with Crippen molar-refractivity contribution in [3.05, 3.63) is 180 Å². The van der Waals surface area contributed by atoms with Gasteiger partial charge >= 0.3 is 102 Å². The van der Waals surface area contributed by atoms with E-state index in [2.05, 4.69) is 60.3 Å². The number of rotatable bonds is 64. The lowest BCUT2D eigenvalue weighted by Gasteiger charge is -2.13. The highest BCUT2D eigenvalue weighted by Gasteiger charge is 2.28. The summed E-state index contributed by atoms with van der Waals surface area (Å²) in [4.78, 5) is 282. The molecule has 4 aromatic rings. The van der Waals surface area contributed by atoms with E-state index in [9.17, 15) is 147 Å². The minimum Gasteiger partial charge on any atom is -0.481 e. The minimum absolute atomic E-state index is 0.0272. The molecule has 0 fully saturated rings. The summed E-state index contributed by atoms with van der Waals surface area (Å²) >= 11 is 0. The SMILES string of the molecule is O=C(O)CCC(NC(=O)CCCO[N+](=O)[O-])C(=O)O.O=C(O)CCC(NC(=O)OCCOCCO[N+](=O)[O-])C(=O)O.O=C(O)CCC(NC(=O)Oc1ccc(CCCO[N+](=O)[O-])cc1)C(=O)O.O=C(O)CCC(NC(=O)Oc1ccc(CCO[N+](=O)[O-])cc1)C(=O)O.O=C(O)CCC(NC(=O)Oc1cccc(CCCO[N+](=O)[O-])c1)C(=O)O.O=C(O)CCC(NC(=O)Oc1cccc(CCO[N+](=O)[O-])c1)C(=O)O. The van der Waals surface area contributed by atoms with Gasteiger partial charge in [-0.2, -0.15) is 0 Å². The summed E-state index contributed by atoms with van der Waals surface area (Å²) in [6.07, 6.45) is -7.14. The molecule has 0 saturated carbocycles. The van der Waals surface area contributed by atoms with Gasteiger partial charge in [-0.1, -0.05) is 48.5 Å². The summed E-state index contributed by atoms with van der Waals surface area (Å²) in [5.41, 5.74) is 2.89. The molecule has 4 aromatic carbocycles. The van der Waals surface area contributed by atoms with E-state index in [1.54, 1.807) is 48.5 Å². The Kier molecular flexibility index (Phi) is 65.3.